The number of phenolic OH excluding ortho intramolecular Hbond substituents is 1. The minimum atomic E-state index is -1.19. The van der Waals surface area contributed by atoms with Crippen LogP contribution in [0.4, 0.5) is 11.6 Å². The molecule has 0 aliphatic rings. The number of nitrogens with one attached hydrogen (secondary N) is 5. The molecule has 0 aliphatic heterocycles. The number of carbonyl (C=O) groups excluding carboxylic acids is 6. The number of aromatic nitrogens is 2. The van der Waals surface area contributed by atoms with Crippen molar-refractivity contribution in [3.8, 4) is 5.75 Å². The standard InChI is InChI=1S/C31H37ClN12O7/c1-15(39-28(49)19(33)11-17-7-9-18(45)10-8-17)27(48)37-13-21(46)40-20(12-16-5-3-2-4-6-16)29(50)38-14-22(47)41-31(36)44-30(51)23-25(34)43-26(35)24(32)42-23/h2-10,15,19-20,45H,11-14,33H2,1H3,(H,37,48)(H,38,50)(H,39,49)(H,40,46)(H4,34,35,43)(H3,36,41,44,47,51)/t15-,19+,20+/m1/s1. The number of guanidine groups is 1. The van der Waals surface area contributed by atoms with E-state index < -0.39 is 78.3 Å². The number of phenols is 1. The van der Waals surface area contributed by atoms with E-state index in [9.17, 15) is 33.9 Å². The number of nitrogens with two attached hydrogens (primary N) is 4. The van der Waals surface area contributed by atoms with E-state index in [0.717, 1.165) is 0 Å². The van der Waals surface area contributed by atoms with Crippen LogP contribution in [0.25, 0.3) is 0 Å². The normalized spacial score (nSPS) is 12.8. The molecule has 51 heavy (non-hydrogen) atoms. The molecule has 1 heterocycles. The number of aromatic hydroxyl groups is 1. The number of rotatable bonds is 14. The van der Waals surface area contributed by atoms with E-state index in [1.54, 1.807) is 42.5 Å². The first-order valence-corrected chi connectivity index (χ1v) is 15.5. The summed E-state index contributed by atoms with van der Waals surface area (Å²) < 4.78 is 0. The molecule has 2 aromatic carbocycles. The van der Waals surface area contributed by atoms with Gasteiger partial charge >= 0.3 is 5.91 Å². The maximum absolute atomic E-state index is 13.1. The van der Waals surface area contributed by atoms with Crippen molar-refractivity contribution in [2.75, 3.05) is 24.6 Å². The molecular weight excluding hydrogens is 688 g/mol. The minimum absolute atomic E-state index is 0.0179. The number of halogens is 1. The molecule has 3 atom stereocenters. The Morgan fingerprint density at radius 2 is 1.41 bits per heavy atom. The monoisotopic (exact) mass is 724 g/mol. The summed E-state index contributed by atoms with van der Waals surface area (Å²) in [6.45, 7) is 0.218. The molecule has 0 aliphatic carbocycles. The highest BCUT2D eigenvalue weighted by Crippen LogP contribution is 2.18. The predicted octanol–water partition coefficient (Wildman–Crippen LogP) is -2.39. The van der Waals surface area contributed by atoms with Crippen molar-refractivity contribution in [2.24, 2.45) is 16.5 Å². The van der Waals surface area contributed by atoms with Crippen molar-refractivity contribution in [3.63, 3.8) is 0 Å². The Kier molecular flexibility index (Phi) is 14.1. The first-order chi connectivity index (χ1) is 24.1. The molecule has 14 N–H and O–H groups in total. The van der Waals surface area contributed by atoms with Gasteiger partial charge in [-0.3, -0.25) is 34.1 Å². The summed E-state index contributed by atoms with van der Waals surface area (Å²) in [7, 11) is 0. The Morgan fingerprint density at radius 3 is 2.08 bits per heavy atom. The Morgan fingerprint density at radius 1 is 0.804 bits per heavy atom. The van der Waals surface area contributed by atoms with Crippen LogP contribution < -0.4 is 49.5 Å². The first-order valence-electron chi connectivity index (χ1n) is 15.1. The zero-order valence-electron chi connectivity index (χ0n) is 27.2. The molecule has 0 radical (unpaired) electrons. The number of benzene rings is 2. The number of nitrogens with zero attached hydrogens (tertiary/aromatic N) is 3. The maximum atomic E-state index is 13.1. The molecule has 0 fully saturated rings. The van der Waals surface area contributed by atoms with Gasteiger partial charge in [-0.2, -0.15) is 4.99 Å². The van der Waals surface area contributed by atoms with Gasteiger partial charge in [0.15, 0.2) is 22.5 Å². The second kappa shape index (κ2) is 18.4. The highest BCUT2D eigenvalue weighted by atomic mass is 35.5. The van der Waals surface area contributed by atoms with E-state index in [2.05, 4.69) is 41.5 Å². The van der Waals surface area contributed by atoms with E-state index >= 15 is 0 Å². The second-order valence-electron chi connectivity index (χ2n) is 10.9. The Bertz CT molecular complexity index is 1790. The first kappa shape index (κ1) is 39.1. The number of aliphatic imine (C=N–C) groups is 1. The van der Waals surface area contributed by atoms with Crippen molar-refractivity contribution in [3.05, 3.63) is 76.6 Å². The van der Waals surface area contributed by atoms with Gasteiger partial charge < -0.3 is 49.3 Å². The number of carbonyl (C=O) groups is 6. The van der Waals surface area contributed by atoms with Gasteiger partial charge in [0.1, 0.15) is 17.8 Å². The zero-order valence-corrected chi connectivity index (χ0v) is 27.9. The van der Waals surface area contributed by atoms with Gasteiger partial charge in [-0.1, -0.05) is 54.1 Å². The predicted molar refractivity (Wildman–Crippen MR) is 185 cm³/mol. The summed E-state index contributed by atoms with van der Waals surface area (Å²) >= 11 is 5.76. The van der Waals surface area contributed by atoms with Crippen LogP contribution in [0.2, 0.25) is 5.15 Å². The van der Waals surface area contributed by atoms with Gasteiger partial charge in [-0.05, 0) is 36.6 Å². The van der Waals surface area contributed by atoms with Crippen molar-refractivity contribution in [1.29, 1.82) is 0 Å². The molecule has 270 valence electrons. The molecular formula is C31H37ClN12O7. The summed E-state index contributed by atoms with van der Waals surface area (Å²) in [5.41, 5.74) is 23.6. The van der Waals surface area contributed by atoms with Crippen LogP contribution in [-0.4, -0.2) is 87.7 Å². The summed E-state index contributed by atoms with van der Waals surface area (Å²) in [5, 5.41) is 21.0. The van der Waals surface area contributed by atoms with Crippen LogP contribution in [0.15, 0.2) is 59.6 Å². The molecule has 0 saturated carbocycles. The van der Waals surface area contributed by atoms with Crippen molar-refractivity contribution in [2.45, 2.75) is 37.9 Å². The number of hydrogen-bond donors (Lipinski definition) is 10. The van der Waals surface area contributed by atoms with Crippen LogP contribution in [0.5, 0.6) is 5.75 Å². The summed E-state index contributed by atoms with van der Waals surface area (Å²) in [6, 6.07) is 11.6. The molecule has 0 unspecified atom stereocenters. The van der Waals surface area contributed by atoms with Crippen LogP contribution in [0.1, 0.15) is 28.5 Å². The van der Waals surface area contributed by atoms with E-state index in [0.29, 0.717) is 11.1 Å². The van der Waals surface area contributed by atoms with Gasteiger partial charge in [0, 0.05) is 6.42 Å². The van der Waals surface area contributed by atoms with Gasteiger partial charge in [-0.15, -0.1) is 0 Å². The minimum Gasteiger partial charge on any atom is -0.508 e. The lowest BCUT2D eigenvalue weighted by Crippen LogP contribution is -2.54. The van der Waals surface area contributed by atoms with E-state index in [-0.39, 0.29) is 35.4 Å². The topological polar surface area (TPSA) is 325 Å². The Hall–Kier alpha value is -6.34. The molecule has 0 spiro atoms. The average molecular weight is 725 g/mol. The zero-order chi connectivity index (χ0) is 37.7. The van der Waals surface area contributed by atoms with Gasteiger partial charge in [0.2, 0.25) is 35.5 Å². The van der Waals surface area contributed by atoms with Crippen LogP contribution >= 0.6 is 11.6 Å². The third-order valence-electron chi connectivity index (χ3n) is 6.86. The van der Waals surface area contributed by atoms with Crippen molar-refractivity contribution >= 4 is 64.6 Å². The SMILES string of the molecule is C[C@@H](NC(=O)[C@@H](N)Cc1ccc(O)cc1)C(=O)NCC(=O)N[C@@H](Cc1ccccc1)C(=O)NCC(=O)NC(N)=NC(=O)c1nc(Cl)c(N)nc1N. The molecule has 19 nitrogen and oxygen atoms in total. The Labute approximate surface area is 296 Å². The largest absolute Gasteiger partial charge is 0.508 e. The van der Waals surface area contributed by atoms with Crippen LogP contribution in [0, 0.1) is 0 Å². The average Bonchev–Trinajstić information content (AvgIpc) is 3.08. The lowest BCUT2D eigenvalue weighted by atomic mass is 10.1. The molecule has 0 saturated heterocycles. The lowest BCUT2D eigenvalue weighted by molar-refractivity contribution is -0.132. The fourth-order valence-corrected chi connectivity index (χ4v) is 4.38. The number of anilines is 2. The number of amides is 6. The quantitative estimate of drug-likeness (QED) is 0.0613. The van der Waals surface area contributed by atoms with Crippen LogP contribution in [-0.2, 0) is 36.8 Å². The second-order valence-corrected chi connectivity index (χ2v) is 11.3. The summed E-state index contributed by atoms with van der Waals surface area (Å²) in [6.07, 6.45) is 0.172. The number of nitrogen functional groups attached to an aromatic ring is 2. The maximum Gasteiger partial charge on any atom is 0.302 e. The highest BCUT2D eigenvalue weighted by molar-refractivity contribution is 6.31. The van der Waals surface area contributed by atoms with Gasteiger partial charge in [0.25, 0.3) is 0 Å². The molecule has 1 aromatic heterocycles. The van der Waals surface area contributed by atoms with E-state index in [4.69, 9.17) is 34.5 Å². The molecule has 6 amide bonds. The molecule has 3 rings (SSSR count). The number of hydrogen-bond acceptors (Lipinski definition) is 12. The lowest BCUT2D eigenvalue weighted by Gasteiger charge is -2.20. The van der Waals surface area contributed by atoms with Crippen molar-refractivity contribution < 1.29 is 33.9 Å². The van der Waals surface area contributed by atoms with Gasteiger partial charge in [0.05, 0.1) is 19.1 Å². The molecule has 20 heteroatoms. The van der Waals surface area contributed by atoms with Crippen LogP contribution in [0.3, 0.4) is 0 Å². The molecule has 3 aromatic rings. The van der Waals surface area contributed by atoms with E-state index in [1.165, 1.54) is 19.1 Å². The summed E-state index contributed by atoms with van der Waals surface area (Å²) in [5.74, 6) is -5.92. The van der Waals surface area contributed by atoms with E-state index in [1.807, 2.05) is 0 Å². The third-order valence-corrected chi connectivity index (χ3v) is 7.14. The molecule has 0 bridgehead atoms. The smallest absolute Gasteiger partial charge is 0.302 e. The van der Waals surface area contributed by atoms with Crippen molar-refractivity contribution in [1.82, 2.24) is 36.6 Å². The fourth-order valence-electron chi connectivity index (χ4n) is 4.26. The Balaban J connectivity index is 1.52. The highest BCUT2D eigenvalue weighted by Gasteiger charge is 2.24. The third kappa shape index (κ3) is 12.6. The van der Waals surface area contributed by atoms with Gasteiger partial charge in [-0.25, -0.2) is 9.97 Å². The summed E-state index contributed by atoms with van der Waals surface area (Å²) in [4.78, 5) is 86.6. The fraction of sp³-hybridized carbons (Fsp3) is 0.258.